The summed E-state index contributed by atoms with van der Waals surface area (Å²) in [6.45, 7) is 1.46. The normalized spacial score (nSPS) is 10.6. The third-order valence-electron chi connectivity index (χ3n) is 2.93. The van der Waals surface area contributed by atoms with Gasteiger partial charge in [0.15, 0.2) is 0 Å². The van der Waals surface area contributed by atoms with Crippen LogP contribution in [0.4, 0.5) is 14.5 Å². The van der Waals surface area contributed by atoms with Crippen LogP contribution >= 0.6 is 0 Å². The van der Waals surface area contributed by atoms with Crippen LogP contribution < -0.4 is 5.32 Å². The van der Waals surface area contributed by atoms with Crippen LogP contribution in [-0.2, 0) is 13.2 Å². The SMILES string of the molecule is Cc1ncc(CO)c(CNc2cc(F)cc(F)c2)c1O. The van der Waals surface area contributed by atoms with E-state index in [4.69, 9.17) is 0 Å². The van der Waals surface area contributed by atoms with Crippen molar-refractivity contribution >= 4 is 5.69 Å². The van der Waals surface area contributed by atoms with E-state index in [9.17, 15) is 19.0 Å². The molecule has 0 fully saturated rings. The summed E-state index contributed by atoms with van der Waals surface area (Å²) in [5, 5.41) is 22.0. The van der Waals surface area contributed by atoms with Gasteiger partial charge in [-0.2, -0.15) is 0 Å². The van der Waals surface area contributed by atoms with E-state index >= 15 is 0 Å². The summed E-state index contributed by atoms with van der Waals surface area (Å²) in [7, 11) is 0. The van der Waals surface area contributed by atoms with E-state index in [0.29, 0.717) is 16.8 Å². The number of hydrogen-bond donors (Lipinski definition) is 3. The first-order valence-electron chi connectivity index (χ1n) is 5.98. The summed E-state index contributed by atoms with van der Waals surface area (Å²) < 4.78 is 26.1. The number of aromatic nitrogens is 1. The molecule has 0 atom stereocenters. The average Bonchev–Trinajstić information content (AvgIpc) is 2.39. The Hall–Kier alpha value is -2.21. The molecule has 20 heavy (non-hydrogen) atoms. The van der Waals surface area contributed by atoms with Gasteiger partial charge in [0.25, 0.3) is 0 Å². The minimum absolute atomic E-state index is 0.0408. The number of nitrogens with one attached hydrogen (secondary N) is 1. The van der Waals surface area contributed by atoms with Gasteiger partial charge < -0.3 is 15.5 Å². The molecule has 3 N–H and O–H groups in total. The van der Waals surface area contributed by atoms with Crippen LogP contribution in [0.25, 0.3) is 0 Å². The second-order valence-electron chi connectivity index (χ2n) is 4.37. The van der Waals surface area contributed by atoms with Gasteiger partial charge in [-0.1, -0.05) is 0 Å². The summed E-state index contributed by atoms with van der Waals surface area (Å²) in [4.78, 5) is 3.94. The zero-order valence-corrected chi connectivity index (χ0v) is 10.8. The van der Waals surface area contributed by atoms with Crippen molar-refractivity contribution in [1.82, 2.24) is 4.98 Å². The number of aromatic hydroxyl groups is 1. The second-order valence-corrected chi connectivity index (χ2v) is 4.37. The molecule has 0 saturated heterocycles. The van der Waals surface area contributed by atoms with Crippen LogP contribution in [0, 0.1) is 18.6 Å². The number of benzene rings is 1. The predicted molar refractivity (Wildman–Crippen MR) is 70.2 cm³/mol. The Morgan fingerprint density at radius 1 is 1.20 bits per heavy atom. The van der Waals surface area contributed by atoms with Gasteiger partial charge in [0, 0.05) is 35.6 Å². The standard InChI is InChI=1S/C14H14F2N2O2/c1-8-14(20)13(9(7-19)5-17-8)6-18-12-3-10(15)2-11(16)4-12/h2-5,18-20H,6-7H2,1H3. The highest BCUT2D eigenvalue weighted by atomic mass is 19.1. The minimum atomic E-state index is -0.690. The lowest BCUT2D eigenvalue weighted by Gasteiger charge is -2.13. The third-order valence-corrected chi connectivity index (χ3v) is 2.93. The van der Waals surface area contributed by atoms with E-state index in [1.165, 1.54) is 6.20 Å². The highest BCUT2D eigenvalue weighted by Crippen LogP contribution is 2.25. The van der Waals surface area contributed by atoms with Crippen molar-refractivity contribution < 1.29 is 19.0 Å². The Kier molecular flexibility index (Phi) is 4.14. The van der Waals surface area contributed by atoms with Gasteiger partial charge in [-0.25, -0.2) is 8.78 Å². The molecule has 0 aliphatic rings. The Morgan fingerprint density at radius 2 is 1.85 bits per heavy atom. The lowest BCUT2D eigenvalue weighted by atomic mass is 10.1. The maximum absolute atomic E-state index is 13.1. The van der Waals surface area contributed by atoms with Crippen LogP contribution in [0.5, 0.6) is 5.75 Å². The summed E-state index contributed by atoms with van der Waals surface area (Å²) in [6, 6.07) is 3.07. The molecule has 2 rings (SSSR count). The van der Waals surface area contributed by atoms with Crippen LogP contribution in [0.3, 0.4) is 0 Å². The molecule has 0 saturated carbocycles. The second kappa shape index (κ2) is 5.83. The quantitative estimate of drug-likeness (QED) is 0.805. The maximum Gasteiger partial charge on any atom is 0.142 e. The topological polar surface area (TPSA) is 65.4 Å². The van der Waals surface area contributed by atoms with Crippen molar-refractivity contribution in [3.05, 3.63) is 52.9 Å². The smallest absolute Gasteiger partial charge is 0.142 e. The molecule has 1 aromatic carbocycles. The van der Waals surface area contributed by atoms with Gasteiger partial charge in [-0.05, 0) is 19.1 Å². The van der Waals surface area contributed by atoms with Crippen molar-refractivity contribution in [1.29, 1.82) is 0 Å². The molecule has 0 bridgehead atoms. The zero-order valence-electron chi connectivity index (χ0n) is 10.8. The summed E-state index contributed by atoms with van der Waals surface area (Å²) >= 11 is 0. The Morgan fingerprint density at radius 3 is 2.45 bits per heavy atom. The van der Waals surface area contributed by atoms with Crippen molar-refractivity contribution in [2.24, 2.45) is 0 Å². The van der Waals surface area contributed by atoms with E-state index in [0.717, 1.165) is 18.2 Å². The molecule has 1 aromatic heterocycles. The van der Waals surface area contributed by atoms with Crippen molar-refractivity contribution in [2.45, 2.75) is 20.1 Å². The average molecular weight is 280 g/mol. The van der Waals surface area contributed by atoms with E-state index in [-0.39, 0.29) is 24.6 Å². The molecule has 4 nitrogen and oxygen atoms in total. The lowest BCUT2D eigenvalue weighted by Crippen LogP contribution is -2.06. The monoisotopic (exact) mass is 280 g/mol. The number of halogens is 2. The number of aryl methyl sites for hydroxylation is 1. The van der Waals surface area contributed by atoms with Crippen molar-refractivity contribution in [3.63, 3.8) is 0 Å². The van der Waals surface area contributed by atoms with Crippen LogP contribution in [0.2, 0.25) is 0 Å². The molecule has 0 spiro atoms. The minimum Gasteiger partial charge on any atom is -0.506 e. The molecule has 0 amide bonds. The maximum atomic E-state index is 13.1. The molecular formula is C14H14F2N2O2. The first kappa shape index (κ1) is 14.2. The van der Waals surface area contributed by atoms with Crippen LogP contribution in [0.1, 0.15) is 16.8 Å². The molecule has 2 aromatic rings. The van der Waals surface area contributed by atoms with E-state index in [2.05, 4.69) is 10.3 Å². The number of aliphatic hydroxyl groups excluding tert-OH is 1. The fourth-order valence-corrected chi connectivity index (χ4v) is 1.86. The summed E-state index contributed by atoms with van der Waals surface area (Å²) in [5.41, 5.74) is 1.58. The van der Waals surface area contributed by atoms with Crippen LogP contribution in [-0.4, -0.2) is 15.2 Å². The fourth-order valence-electron chi connectivity index (χ4n) is 1.86. The highest BCUT2D eigenvalue weighted by Gasteiger charge is 2.11. The highest BCUT2D eigenvalue weighted by molar-refractivity contribution is 5.47. The number of rotatable bonds is 4. The van der Waals surface area contributed by atoms with Gasteiger partial charge >= 0.3 is 0 Å². The zero-order chi connectivity index (χ0) is 14.7. The number of pyridine rings is 1. The van der Waals surface area contributed by atoms with Gasteiger partial charge in [0.1, 0.15) is 17.4 Å². The molecular weight excluding hydrogens is 266 g/mol. The van der Waals surface area contributed by atoms with Gasteiger partial charge in [-0.15, -0.1) is 0 Å². The largest absolute Gasteiger partial charge is 0.506 e. The van der Waals surface area contributed by atoms with E-state index in [1.807, 2.05) is 0 Å². The van der Waals surface area contributed by atoms with Crippen molar-refractivity contribution in [2.75, 3.05) is 5.32 Å². The Balaban J connectivity index is 2.24. The van der Waals surface area contributed by atoms with E-state index in [1.54, 1.807) is 6.92 Å². The Bertz CT molecular complexity index is 613. The summed E-state index contributed by atoms with van der Waals surface area (Å²) in [6.07, 6.45) is 1.46. The predicted octanol–water partition coefficient (Wildman–Crippen LogP) is 2.48. The molecule has 1 heterocycles. The molecule has 0 aliphatic carbocycles. The number of hydrogen-bond acceptors (Lipinski definition) is 4. The fraction of sp³-hybridized carbons (Fsp3) is 0.214. The van der Waals surface area contributed by atoms with Gasteiger partial charge in [0.2, 0.25) is 0 Å². The lowest BCUT2D eigenvalue weighted by molar-refractivity contribution is 0.279. The molecule has 0 unspecified atom stereocenters. The molecule has 6 heteroatoms. The first-order valence-corrected chi connectivity index (χ1v) is 5.98. The van der Waals surface area contributed by atoms with Gasteiger partial charge in [-0.3, -0.25) is 4.98 Å². The third kappa shape index (κ3) is 3.03. The Labute approximate surface area is 114 Å². The number of anilines is 1. The first-order chi connectivity index (χ1) is 9.51. The number of aliphatic hydroxyl groups is 1. The van der Waals surface area contributed by atoms with Gasteiger partial charge in [0.05, 0.1) is 12.3 Å². The number of nitrogens with zero attached hydrogens (tertiary/aromatic N) is 1. The molecule has 106 valence electrons. The summed E-state index contributed by atoms with van der Waals surface area (Å²) in [5.74, 6) is -1.42. The molecule has 0 aliphatic heterocycles. The van der Waals surface area contributed by atoms with Crippen LogP contribution in [0.15, 0.2) is 24.4 Å². The molecule has 0 radical (unpaired) electrons. The van der Waals surface area contributed by atoms with Crippen molar-refractivity contribution in [3.8, 4) is 5.75 Å². The van der Waals surface area contributed by atoms with E-state index < -0.39 is 11.6 Å².